The number of carboxylic acid groups (broad SMARTS) is 1. The van der Waals surface area contributed by atoms with Gasteiger partial charge in [0.1, 0.15) is 0 Å². The van der Waals surface area contributed by atoms with Crippen molar-refractivity contribution < 1.29 is 14.6 Å². The van der Waals surface area contributed by atoms with Crippen LogP contribution in [0.4, 0.5) is 5.69 Å². The Balaban J connectivity index is 2.10. The number of rotatable bonds is 3. The topological polar surface area (TPSA) is 82.4 Å². The number of nitrogens with one attached hydrogen (secondary N) is 1. The molecular formula is C16H14N2O3. The van der Waals surface area contributed by atoms with E-state index in [1.165, 1.54) is 0 Å². The second-order valence-corrected chi connectivity index (χ2v) is 5.13. The van der Waals surface area contributed by atoms with Gasteiger partial charge in [-0.05, 0) is 12.1 Å². The number of carboxylic acids is 1. The van der Waals surface area contributed by atoms with Crippen molar-refractivity contribution in [3.8, 4) is 6.07 Å². The minimum Gasteiger partial charge on any atom is -0.479 e. The van der Waals surface area contributed by atoms with E-state index < -0.39 is 11.5 Å². The van der Waals surface area contributed by atoms with Gasteiger partial charge in [-0.1, -0.05) is 24.3 Å². The van der Waals surface area contributed by atoms with E-state index in [0.717, 1.165) is 10.8 Å². The molecule has 2 N–H and O–H groups in total. The Labute approximate surface area is 121 Å². The van der Waals surface area contributed by atoms with Gasteiger partial charge in [-0.25, -0.2) is 4.79 Å². The molecule has 0 aliphatic carbocycles. The standard InChI is InChI=1S/C16H14N2O3/c17-9-11-5-6-14(13-4-2-1-3-12(11)13)18-16(15(19)20)7-8-21-10-16/h1-6,18H,7-8,10H2,(H,19,20). The molecule has 3 rings (SSSR count). The summed E-state index contributed by atoms with van der Waals surface area (Å²) >= 11 is 0. The first-order valence-electron chi connectivity index (χ1n) is 6.67. The van der Waals surface area contributed by atoms with E-state index in [0.29, 0.717) is 24.3 Å². The summed E-state index contributed by atoms with van der Waals surface area (Å²) in [6.45, 7) is 0.560. The van der Waals surface area contributed by atoms with Gasteiger partial charge in [-0.3, -0.25) is 0 Å². The quantitative estimate of drug-likeness (QED) is 0.903. The minimum atomic E-state index is -1.10. The number of hydrogen-bond donors (Lipinski definition) is 2. The normalized spacial score (nSPS) is 21.1. The van der Waals surface area contributed by atoms with Gasteiger partial charge in [0.2, 0.25) is 0 Å². The Bertz CT molecular complexity index is 743. The number of carbonyl (C=O) groups is 1. The third-order valence-electron chi connectivity index (χ3n) is 3.85. The zero-order valence-electron chi connectivity index (χ0n) is 11.3. The summed E-state index contributed by atoms with van der Waals surface area (Å²) < 4.78 is 5.26. The molecule has 5 nitrogen and oxygen atoms in total. The monoisotopic (exact) mass is 282 g/mol. The largest absolute Gasteiger partial charge is 0.479 e. The molecule has 0 amide bonds. The molecule has 5 heteroatoms. The Morgan fingerprint density at radius 3 is 2.67 bits per heavy atom. The van der Waals surface area contributed by atoms with Crippen LogP contribution < -0.4 is 5.32 Å². The van der Waals surface area contributed by atoms with Gasteiger partial charge in [0.25, 0.3) is 0 Å². The summed E-state index contributed by atoms with van der Waals surface area (Å²) in [6, 6.07) is 13.1. The fourth-order valence-corrected chi connectivity index (χ4v) is 2.65. The molecule has 0 radical (unpaired) electrons. The molecule has 0 bridgehead atoms. The SMILES string of the molecule is N#Cc1ccc(NC2(C(=O)O)CCOC2)c2ccccc12. The molecule has 0 spiro atoms. The van der Waals surface area contributed by atoms with Crippen LogP contribution in [0, 0.1) is 11.3 Å². The first kappa shape index (κ1) is 13.4. The van der Waals surface area contributed by atoms with Gasteiger partial charge in [-0.2, -0.15) is 5.26 Å². The van der Waals surface area contributed by atoms with Gasteiger partial charge < -0.3 is 15.2 Å². The van der Waals surface area contributed by atoms with Crippen molar-refractivity contribution in [1.82, 2.24) is 0 Å². The summed E-state index contributed by atoms with van der Waals surface area (Å²) in [5.74, 6) is -0.923. The molecule has 106 valence electrons. The lowest BCUT2D eigenvalue weighted by atomic mass is 9.96. The van der Waals surface area contributed by atoms with Crippen LogP contribution in [0.3, 0.4) is 0 Å². The average Bonchev–Trinajstić information content (AvgIpc) is 2.98. The number of fused-ring (bicyclic) bond motifs is 1. The smallest absolute Gasteiger partial charge is 0.331 e. The Morgan fingerprint density at radius 2 is 2.05 bits per heavy atom. The van der Waals surface area contributed by atoms with Crippen molar-refractivity contribution >= 4 is 22.4 Å². The van der Waals surface area contributed by atoms with Crippen LogP contribution >= 0.6 is 0 Å². The van der Waals surface area contributed by atoms with Gasteiger partial charge in [0.15, 0.2) is 5.54 Å². The van der Waals surface area contributed by atoms with Crippen molar-refractivity contribution in [2.24, 2.45) is 0 Å². The van der Waals surface area contributed by atoms with Crippen LogP contribution in [0.1, 0.15) is 12.0 Å². The zero-order chi connectivity index (χ0) is 14.9. The van der Waals surface area contributed by atoms with Crippen LogP contribution in [0.25, 0.3) is 10.8 Å². The molecule has 0 saturated carbocycles. The van der Waals surface area contributed by atoms with E-state index in [1.54, 1.807) is 12.1 Å². The maximum absolute atomic E-state index is 11.6. The Morgan fingerprint density at radius 1 is 1.29 bits per heavy atom. The predicted octanol–water partition coefficient (Wildman–Crippen LogP) is 2.37. The highest BCUT2D eigenvalue weighted by atomic mass is 16.5. The predicted molar refractivity (Wildman–Crippen MR) is 78.1 cm³/mol. The first-order chi connectivity index (χ1) is 10.2. The van der Waals surface area contributed by atoms with Crippen molar-refractivity contribution in [3.05, 3.63) is 42.0 Å². The van der Waals surface area contributed by atoms with Crippen molar-refractivity contribution in [2.75, 3.05) is 18.5 Å². The van der Waals surface area contributed by atoms with E-state index in [9.17, 15) is 9.90 Å². The van der Waals surface area contributed by atoms with Crippen molar-refractivity contribution in [2.45, 2.75) is 12.0 Å². The molecule has 2 aromatic rings. The fraction of sp³-hybridized carbons (Fsp3) is 0.250. The fourth-order valence-electron chi connectivity index (χ4n) is 2.65. The third kappa shape index (κ3) is 2.20. The van der Waals surface area contributed by atoms with E-state index in [1.807, 2.05) is 24.3 Å². The highest BCUT2D eigenvalue weighted by molar-refractivity contribution is 5.99. The summed E-state index contributed by atoms with van der Waals surface area (Å²) in [5.41, 5.74) is 0.178. The summed E-state index contributed by atoms with van der Waals surface area (Å²) in [7, 11) is 0. The minimum absolute atomic E-state index is 0.136. The molecule has 1 fully saturated rings. The van der Waals surface area contributed by atoms with Crippen molar-refractivity contribution in [1.29, 1.82) is 5.26 Å². The maximum atomic E-state index is 11.6. The van der Waals surface area contributed by atoms with E-state index in [2.05, 4.69) is 11.4 Å². The molecule has 0 aromatic heterocycles. The average molecular weight is 282 g/mol. The molecule has 1 unspecified atom stereocenters. The lowest BCUT2D eigenvalue weighted by Gasteiger charge is -2.26. The molecule has 21 heavy (non-hydrogen) atoms. The van der Waals surface area contributed by atoms with Crippen LogP contribution in [-0.4, -0.2) is 29.8 Å². The number of benzene rings is 2. The first-order valence-corrected chi connectivity index (χ1v) is 6.67. The highest BCUT2D eigenvalue weighted by Gasteiger charge is 2.42. The van der Waals surface area contributed by atoms with Gasteiger partial charge in [0.05, 0.1) is 18.2 Å². The molecule has 1 heterocycles. The van der Waals surface area contributed by atoms with Crippen LogP contribution in [0.15, 0.2) is 36.4 Å². The molecule has 1 aliphatic rings. The van der Waals surface area contributed by atoms with Crippen LogP contribution in [0.5, 0.6) is 0 Å². The number of nitrogens with zero attached hydrogens (tertiary/aromatic N) is 1. The Hall–Kier alpha value is -2.58. The van der Waals surface area contributed by atoms with Gasteiger partial charge in [-0.15, -0.1) is 0 Å². The van der Waals surface area contributed by atoms with Crippen LogP contribution in [0.2, 0.25) is 0 Å². The van der Waals surface area contributed by atoms with Gasteiger partial charge in [0, 0.05) is 29.5 Å². The number of nitriles is 1. The molecule has 1 atom stereocenters. The highest BCUT2D eigenvalue weighted by Crippen LogP contribution is 2.31. The number of anilines is 1. The molecule has 1 saturated heterocycles. The molecule has 1 aliphatic heterocycles. The summed E-state index contributed by atoms with van der Waals surface area (Å²) in [5, 5.41) is 23.4. The summed E-state index contributed by atoms with van der Waals surface area (Å²) in [6.07, 6.45) is 0.413. The summed E-state index contributed by atoms with van der Waals surface area (Å²) in [4.78, 5) is 11.6. The van der Waals surface area contributed by atoms with Gasteiger partial charge >= 0.3 is 5.97 Å². The van der Waals surface area contributed by atoms with E-state index >= 15 is 0 Å². The Kier molecular flexibility index (Phi) is 3.24. The number of hydrogen-bond acceptors (Lipinski definition) is 4. The van der Waals surface area contributed by atoms with E-state index in [-0.39, 0.29) is 6.61 Å². The lowest BCUT2D eigenvalue weighted by molar-refractivity contribution is -0.142. The molecule has 2 aromatic carbocycles. The third-order valence-corrected chi connectivity index (χ3v) is 3.85. The lowest BCUT2D eigenvalue weighted by Crippen LogP contribution is -2.47. The number of aliphatic carboxylic acids is 1. The van der Waals surface area contributed by atoms with Crippen molar-refractivity contribution in [3.63, 3.8) is 0 Å². The van der Waals surface area contributed by atoms with E-state index in [4.69, 9.17) is 10.00 Å². The molecular weight excluding hydrogens is 268 g/mol. The maximum Gasteiger partial charge on any atom is 0.331 e. The second kappa shape index (κ2) is 5.08. The zero-order valence-corrected chi connectivity index (χ0v) is 11.3. The van der Waals surface area contributed by atoms with Crippen LogP contribution in [-0.2, 0) is 9.53 Å². The second-order valence-electron chi connectivity index (χ2n) is 5.13. The number of ether oxygens (including phenoxy) is 1.